The van der Waals surface area contributed by atoms with E-state index in [0.717, 1.165) is 17.5 Å². The van der Waals surface area contributed by atoms with Crippen LogP contribution < -0.4 is 5.32 Å². The molecule has 0 aliphatic carbocycles. The third-order valence-electron chi connectivity index (χ3n) is 4.31. The summed E-state index contributed by atoms with van der Waals surface area (Å²) in [7, 11) is 0. The van der Waals surface area contributed by atoms with Crippen molar-refractivity contribution in [2.45, 2.75) is 25.4 Å². The third-order valence-corrected chi connectivity index (χ3v) is 4.31. The van der Waals surface area contributed by atoms with Crippen molar-refractivity contribution in [2.24, 2.45) is 0 Å². The molecule has 124 valence electrons. The van der Waals surface area contributed by atoms with Gasteiger partial charge in [-0.15, -0.1) is 0 Å². The van der Waals surface area contributed by atoms with Gasteiger partial charge in [0.2, 0.25) is 0 Å². The molecule has 1 atom stereocenters. The predicted molar refractivity (Wildman–Crippen MR) is 90.5 cm³/mol. The van der Waals surface area contributed by atoms with Gasteiger partial charge < -0.3 is 15.3 Å². The molecule has 0 saturated heterocycles. The number of amides is 2. The molecule has 0 aromatic heterocycles. The number of nitrogens with zero attached hydrogens (tertiary/aromatic N) is 1. The molecule has 0 radical (unpaired) electrons. The standard InChI is InChI=1S/C19H20N2O3/c22-18(23)10-11-20-19(24)21-13-16-9-5-4-8-15(16)12-17(21)14-6-2-1-3-7-14/h1-9,17H,10-13H2,(H,20,24)(H,22,23). The number of fused-ring (bicyclic) bond motifs is 1. The Morgan fingerprint density at radius 3 is 2.42 bits per heavy atom. The highest BCUT2D eigenvalue weighted by molar-refractivity contribution is 5.76. The number of rotatable bonds is 4. The van der Waals surface area contributed by atoms with E-state index in [1.807, 2.05) is 48.5 Å². The summed E-state index contributed by atoms with van der Waals surface area (Å²) >= 11 is 0. The topological polar surface area (TPSA) is 69.6 Å². The number of aliphatic carboxylic acids is 1. The summed E-state index contributed by atoms with van der Waals surface area (Å²) in [6, 6.07) is 17.8. The summed E-state index contributed by atoms with van der Waals surface area (Å²) in [6.45, 7) is 0.655. The van der Waals surface area contributed by atoms with E-state index in [1.165, 1.54) is 5.56 Å². The van der Waals surface area contributed by atoms with Crippen LogP contribution in [0.4, 0.5) is 4.79 Å². The van der Waals surface area contributed by atoms with Crippen molar-refractivity contribution in [2.75, 3.05) is 6.54 Å². The average molecular weight is 324 g/mol. The van der Waals surface area contributed by atoms with E-state index in [0.29, 0.717) is 6.54 Å². The van der Waals surface area contributed by atoms with Crippen LogP contribution in [-0.2, 0) is 17.8 Å². The van der Waals surface area contributed by atoms with Gasteiger partial charge in [-0.25, -0.2) is 4.79 Å². The largest absolute Gasteiger partial charge is 0.481 e. The van der Waals surface area contributed by atoms with Crippen LogP contribution in [-0.4, -0.2) is 28.6 Å². The van der Waals surface area contributed by atoms with Crippen LogP contribution in [0.2, 0.25) is 0 Å². The van der Waals surface area contributed by atoms with Crippen LogP contribution >= 0.6 is 0 Å². The summed E-state index contributed by atoms with van der Waals surface area (Å²) < 4.78 is 0. The Morgan fingerprint density at radius 2 is 1.71 bits per heavy atom. The first kappa shape index (κ1) is 16.1. The number of carboxylic acid groups (broad SMARTS) is 1. The minimum absolute atomic E-state index is 0.0501. The maximum Gasteiger partial charge on any atom is 0.318 e. The third kappa shape index (κ3) is 3.56. The van der Waals surface area contributed by atoms with Crippen LogP contribution in [0.15, 0.2) is 54.6 Å². The first-order chi connectivity index (χ1) is 11.6. The molecule has 24 heavy (non-hydrogen) atoms. The molecule has 0 fully saturated rings. The molecule has 2 amide bonds. The van der Waals surface area contributed by atoms with Gasteiger partial charge in [-0.3, -0.25) is 4.79 Å². The zero-order valence-electron chi connectivity index (χ0n) is 13.3. The lowest BCUT2D eigenvalue weighted by atomic mass is 9.90. The second-order valence-electron chi connectivity index (χ2n) is 5.90. The predicted octanol–water partition coefficient (Wildman–Crippen LogP) is 2.97. The Balaban J connectivity index is 1.83. The lowest BCUT2D eigenvalue weighted by Gasteiger charge is -2.37. The van der Waals surface area contributed by atoms with Gasteiger partial charge in [0.25, 0.3) is 0 Å². The molecule has 0 saturated carbocycles. The van der Waals surface area contributed by atoms with Crippen LogP contribution in [0.5, 0.6) is 0 Å². The quantitative estimate of drug-likeness (QED) is 0.908. The molecular formula is C19H20N2O3. The van der Waals surface area contributed by atoms with E-state index in [1.54, 1.807) is 4.90 Å². The van der Waals surface area contributed by atoms with Crippen LogP contribution in [0.1, 0.15) is 29.2 Å². The number of carboxylic acids is 1. The lowest BCUT2D eigenvalue weighted by molar-refractivity contribution is -0.136. The first-order valence-corrected chi connectivity index (χ1v) is 8.03. The van der Waals surface area contributed by atoms with E-state index in [9.17, 15) is 9.59 Å². The summed E-state index contributed by atoms with van der Waals surface area (Å²) in [5.41, 5.74) is 3.47. The van der Waals surface area contributed by atoms with Crippen molar-refractivity contribution in [3.05, 3.63) is 71.3 Å². The highest BCUT2D eigenvalue weighted by Gasteiger charge is 2.30. The van der Waals surface area contributed by atoms with Crippen LogP contribution in [0, 0.1) is 0 Å². The monoisotopic (exact) mass is 324 g/mol. The van der Waals surface area contributed by atoms with E-state index in [-0.39, 0.29) is 25.0 Å². The number of carbonyl (C=O) groups is 2. The molecule has 5 heteroatoms. The molecule has 1 aliphatic heterocycles. The molecule has 1 heterocycles. The molecule has 0 spiro atoms. The van der Waals surface area contributed by atoms with Crippen molar-refractivity contribution in [1.29, 1.82) is 0 Å². The van der Waals surface area contributed by atoms with E-state index >= 15 is 0 Å². The molecule has 2 aromatic carbocycles. The maximum atomic E-state index is 12.6. The fraction of sp³-hybridized carbons (Fsp3) is 0.263. The van der Waals surface area contributed by atoms with Gasteiger partial charge in [0.1, 0.15) is 0 Å². The summed E-state index contributed by atoms with van der Waals surface area (Å²) in [5.74, 6) is -0.918. The molecule has 2 N–H and O–H groups in total. The fourth-order valence-electron chi connectivity index (χ4n) is 3.09. The average Bonchev–Trinajstić information content (AvgIpc) is 2.61. The Kier molecular flexibility index (Phi) is 4.79. The smallest absolute Gasteiger partial charge is 0.318 e. The Hall–Kier alpha value is -2.82. The van der Waals surface area contributed by atoms with Gasteiger partial charge in [-0.05, 0) is 23.1 Å². The van der Waals surface area contributed by atoms with E-state index in [2.05, 4.69) is 11.4 Å². The Bertz CT molecular complexity index is 730. The zero-order chi connectivity index (χ0) is 16.9. The minimum atomic E-state index is -0.918. The summed E-state index contributed by atoms with van der Waals surface area (Å²) in [4.78, 5) is 25.0. The van der Waals surface area contributed by atoms with Crippen LogP contribution in [0.25, 0.3) is 0 Å². The first-order valence-electron chi connectivity index (χ1n) is 8.03. The van der Waals surface area contributed by atoms with Gasteiger partial charge in [-0.1, -0.05) is 54.6 Å². The van der Waals surface area contributed by atoms with Crippen LogP contribution in [0.3, 0.4) is 0 Å². The van der Waals surface area contributed by atoms with Gasteiger partial charge in [0.15, 0.2) is 0 Å². The number of hydrogen-bond acceptors (Lipinski definition) is 2. The summed E-state index contributed by atoms with van der Waals surface area (Å²) in [5, 5.41) is 11.5. The molecule has 2 aromatic rings. The van der Waals surface area contributed by atoms with Crippen molar-refractivity contribution in [3.8, 4) is 0 Å². The van der Waals surface area contributed by atoms with Crippen molar-refractivity contribution in [3.63, 3.8) is 0 Å². The van der Waals surface area contributed by atoms with E-state index < -0.39 is 5.97 Å². The van der Waals surface area contributed by atoms with Crippen molar-refractivity contribution in [1.82, 2.24) is 10.2 Å². The Labute approximate surface area is 140 Å². The Morgan fingerprint density at radius 1 is 1.04 bits per heavy atom. The number of urea groups is 1. The number of hydrogen-bond donors (Lipinski definition) is 2. The summed E-state index contributed by atoms with van der Waals surface area (Å²) in [6.07, 6.45) is 0.679. The molecule has 1 unspecified atom stereocenters. The number of carbonyl (C=O) groups excluding carboxylic acids is 1. The fourth-order valence-corrected chi connectivity index (χ4v) is 3.09. The highest BCUT2D eigenvalue weighted by Crippen LogP contribution is 2.33. The second-order valence-corrected chi connectivity index (χ2v) is 5.90. The van der Waals surface area contributed by atoms with E-state index in [4.69, 9.17) is 5.11 Å². The highest BCUT2D eigenvalue weighted by atomic mass is 16.4. The normalized spacial score (nSPS) is 16.3. The molecule has 0 bridgehead atoms. The van der Waals surface area contributed by atoms with Gasteiger partial charge in [0, 0.05) is 13.1 Å². The second kappa shape index (κ2) is 7.17. The molecular weight excluding hydrogens is 304 g/mol. The van der Waals surface area contributed by atoms with Gasteiger partial charge in [-0.2, -0.15) is 0 Å². The van der Waals surface area contributed by atoms with Gasteiger partial charge >= 0.3 is 12.0 Å². The minimum Gasteiger partial charge on any atom is -0.481 e. The lowest BCUT2D eigenvalue weighted by Crippen LogP contribution is -2.45. The zero-order valence-corrected chi connectivity index (χ0v) is 13.3. The molecule has 1 aliphatic rings. The van der Waals surface area contributed by atoms with Gasteiger partial charge in [0.05, 0.1) is 12.5 Å². The number of benzene rings is 2. The SMILES string of the molecule is O=C(O)CCNC(=O)N1Cc2ccccc2CC1c1ccccc1. The van der Waals surface area contributed by atoms with Crippen molar-refractivity contribution >= 4 is 12.0 Å². The maximum absolute atomic E-state index is 12.6. The molecule has 5 nitrogen and oxygen atoms in total. The molecule has 3 rings (SSSR count). The number of nitrogens with one attached hydrogen (secondary N) is 1. The van der Waals surface area contributed by atoms with Crippen molar-refractivity contribution < 1.29 is 14.7 Å².